The molecule has 1 fully saturated rings. The van der Waals surface area contributed by atoms with Gasteiger partial charge in [0.25, 0.3) is 0 Å². The molecule has 0 atom stereocenters. The second-order valence-corrected chi connectivity index (χ2v) is 7.18. The SMILES string of the molecule is CN(c1ncnc2c1CCCCC2)C1CN(c2ccc3nncn3n2)C1. The van der Waals surface area contributed by atoms with Crippen LogP contribution in [0.5, 0.6) is 0 Å². The number of hydrogen-bond donors (Lipinski definition) is 0. The van der Waals surface area contributed by atoms with E-state index < -0.39 is 0 Å². The summed E-state index contributed by atoms with van der Waals surface area (Å²) < 4.78 is 1.72. The van der Waals surface area contributed by atoms with Crippen LogP contribution in [-0.2, 0) is 12.8 Å². The minimum atomic E-state index is 0.440. The summed E-state index contributed by atoms with van der Waals surface area (Å²) in [7, 11) is 2.16. The lowest BCUT2D eigenvalue weighted by atomic mass is 10.0. The Hall–Kier alpha value is -2.77. The summed E-state index contributed by atoms with van der Waals surface area (Å²) in [6.07, 6.45) is 9.30. The van der Waals surface area contributed by atoms with Crippen LogP contribution >= 0.6 is 0 Å². The van der Waals surface area contributed by atoms with Crippen LogP contribution in [0.1, 0.15) is 30.5 Å². The predicted octanol–water partition coefficient (Wildman–Crippen LogP) is 1.51. The molecule has 134 valence electrons. The lowest BCUT2D eigenvalue weighted by Gasteiger charge is -2.45. The minimum Gasteiger partial charge on any atom is -0.353 e. The van der Waals surface area contributed by atoms with Crippen molar-refractivity contribution in [3.8, 4) is 0 Å². The zero-order valence-corrected chi connectivity index (χ0v) is 14.9. The van der Waals surface area contributed by atoms with Gasteiger partial charge in [-0.3, -0.25) is 0 Å². The molecule has 0 amide bonds. The van der Waals surface area contributed by atoms with E-state index in [4.69, 9.17) is 0 Å². The molecule has 1 aliphatic heterocycles. The molecule has 8 nitrogen and oxygen atoms in total. The van der Waals surface area contributed by atoms with Crippen molar-refractivity contribution in [2.24, 2.45) is 0 Å². The van der Waals surface area contributed by atoms with Crippen LogP contribution in [0.25, 0.3) is 5.65 Å². The van der Waals surface area contributed by atoms with Gasteiger partial charge in [-0.25, -0.2) is 9.97 Å². The van der Waals surface area contributed by atoms with Crippen molar-refractivity contribution in [2.45, 2.75) is 38.1 Å². The quantitative estimate of drug-likeness (QED) is 0.663. The van der Waals surface area contributed by atoms with E-state index in [2.05, 4.69) is 42.1 Å². The van der Waals surface area contributed by atoms with Gasteiger partial charge in [-0.05, 0) is 37.8 Å². The van der Waals surface area contributed by atoms with Gasteiger partial charge in [0.1, 0.15) is 24.3 Å². The van der Waals surface area contributed by atoms with E-state index >= 15 is 0 Å². The monoisotopic (exact) mass is 350 g/mol. The van der Waals surface area contributed by atoms with Crippen LogP contribution < -0.4 is 9.80 Å². The van der Waals surface area contributed by atoms with Crippen molar-refractivity contribution in [3.63, 3.8) is 0 Å². The summed E-state index contributed by atoms with van der Waals surface area (Å²) in [6, 6.07) is 4.41. The van der Waals surface area contributed by atoms with E-state index in [0.29, 0.717) is 6.04 Å². The molecular weight excluding hydrogens is 328 g/mol. The molecule has 5 rings (SSSR count). The van der Waals surface area contributed by atoms with Gasteiger partial charge in [0.15, 0.2) is 5.65 Å². The molecule has 4 heterocycles. The number of likely N-dealkylation sites (N-methyl/N-ethyl adjacent to an activating group) is 1. The zero-order chi connectivity index (χ0) is 17.5. The highest BCUT2D eigenvalue weighted by Gasteiger charge is 2.33. The first-order valence-corrected chi connectivity index (χ1v) is 9.27. The average molecular weight is 350 g/mol. The average Bonchev–Trinajstić information content (AvgIpc) is 2.95. The first-order chi connectivity index (χ1) is 12.8. The van der Waals surface area contributed by atoms with Crippen molar-refractivity contribution in [2.75, 3.05) is 29.9 Å². The fourth-order valence-corrected chi connectivity index (χ4v) is 3.93. The van der Waals surface area contributed by atoms with Crippen LogP contribution in [0.2, 0.25) is 0 Å². The van der Waals surface area contributed by atoms with Gasteiger partial charge in [-0.15, -0.1) is 15.3 Å². The highest BCUT2D eigenvalue weighted by molar-refractivity contribution is 5.54. The van der Waals surface area contributed by atoms with Crippen molar-refractivity contribution in [3.05, 3.63) is 36.0 Å². The van der Waals surface area contributed by atoms with E-state index in [1.807, 2.05) is 12.1 Å². The molecule has 3 aromatic heterocycles. The minimum absolute atomic E-state index is 0.440. The molecule has 0 aromatic carbocycles. The van der Waals surface area contributed by atoms with Gasteiger partial charge in [0, 0.05) is 31.4 Å². The van der Waals surface area contributed by atoms with E-state index in [0.717, 1.165) is 43.2 Å². The van der Waals surface area contributed by atoms with Crippen LogP contribution in [0.4, 0.5) is 11.6 Å². The maximum atomic E-state index is 4.63. The van der Waals surface area contributed by atoms with Crippen LogP contribution in [0, 0.1) is 0 Å². The molecule has 0 bridgehead atoms. The Balaban J connectivity index is 1.33. The molecule has 0 spiro atoms. The predicted molar refractivity (Wildman–Crippen MR) is 98.5 cm³/mol. The summed E-state index contributed by atoms with van der Waals surface area (Å²) in [5, 5.41) is 12.5. The van der Waals surface area contributed by atoms with Crippen LogP contribution in [0.3, 0.4) is 0 Å². The maximum Gasteiger partial charge on any atom is 0.177 e. The van der Waals surface area contributed by atoms with E-state index in [9.17, 15) is 0 Å². The van der Waals surface area contributed by atoms with Crippen LogP contribution in [-0.4, -0.2) is 56.0 Å². The van der Waals surface area contributed by atoms with Crippen LogP contribution in [0.15, 0.2) is 24.8 Å². The Morgan fingerprint density at radius 3 is 2.88 bits per heavy atom. The van der Waals surface area contributed by atoms with Crippen molar-refractivity contribution >= 4 is 17.3 Å². The number of aromatic nitrogens is 6. The molecule has 1 saturated heterocycles. The first kappa shape index (κ1) is 15.5. The molecule has 0 N–H and O–H groups in total. The number of hydrogen-bond acceptors (Lipinski definition) is 7. The van der Waals surface area contributed by atoms with Gasteiger partial charge in [-0.2, -0.15) is 4.52 Å². The second-order valence-electron chi connectivity index (χ2n) is 7.18. The molecule has 0 saturated carbocycles. The van der Waals surface area contributed by atoms with Gasteiger partial charge in [0.05, 0.1) is 6.04 Å². The van der Waals surface area contributed by atoms with E-state index in [1.165, 1.54) is 30.5 Å². The summed E-state index contributed by atoms with van der Waals surface area (Å²) in [6.45, 7) is 1.88. The Kier molecular flexibility index (Phi) is 3.69. The normalized spacial score (nSPS) is 17.7. The summed E-state index contributed by atoms with van der Waals surface area (Å²) in [4.78, 5) is 13.8. The number of fused-ring (bicyclic) bond motifs is 2. The lowest BCUT2D eigenvalue weighted by molar-refractivity contribution is 0.485. The standard InChI is InChI=1S/C18H22N8/c1-24(18-14-5-3-2-4-6-15(14)19-11-20-18)13-9-25(10-13)17-8-7-16-22-21-12-26(16)23-17/h7-8,11-13H,2-6,9-10H2,1H3. The molecular formula is C18H22N8. The van der Waals surface area contributed by atoms with Crippen molar-refractivity contribution < 1.29 is 0 Å². The second kappa shape index (κ2) is 6.19. The largest absolute Gasteiger partial charge is 0.353 e. The number of rotatable bonds is 3. The smallest absolute Gasteiger partial charge is 0.177 e. The Labute approximate surface area is 151 Å². The van der Waals surface area contributed by atoms with E-state index in [-0.39, 0.29) is 0 Å². The summed E-state index contributed by atoms with van der Waals surface area (Å²) in [5.41, 5.74) is 3.37. The molecule has 8 heteroatoms. The highest BCUT2D eigenvalue weighted by atomic mass is 15.4. The summed E-state index contributed by atoms with van der Waals surface area (Å²) >= 11 is 0. The topological polar surface area (TPSA) is 75.3 Å². The lowest BCUT2D eigenvalue weighted by Crippen LogP contribution is -2.59. The summed E-state index contributed by atoms with van der Waals surface area (Å²) in [5.74, 6) is 2.08. The molecule has 2 aliphatic rings. The Bertz CT molecular complexity index is 930. The fourth-order valence-electron chi connectivity index (χ4n) is 3.93. The third-order valence-corrected chi connectivity index (χ3v) is 5.57. The number of anilines is 2. The number of aryl methyl sites for hydroxylation is 1. The van der Waals surface area contributed by atoms with Gasteiger partial charge >= 0.3 is 0 Å². The first-order valence-electron chi connectivity index (χ1n) is 9.27. The molecule has 0 unspecified atom stereocenters. The molecule has 0 radical (unpaired) electrons. The molecule has 26 heavy (non-hydrogen) atoms. The van der Waals surface area contributed by atoms with Crippen molar-refractivity contribution in [1.29, 1.82) is 0 Å². The fraction of sp³-hybridized carbons (Fsp3) is 0.500. The molecule has 3 aromatic rings. The third-order valence-electron chi connectivity index (χ3n) is 5.57. The van der Waals surface area contributed by atoms with Gasteiger partial charge < -0.3 is 9.80 Å². The Morgan fingerprint density at radius 1 is 1.08 bits per heavy atom. The van der Waals surface area contributed by atoms with Crippen molar-refractivity contribution in [1.82, 2.24) is 29.8 Å². The molecule has 1 aliphatic carbocycles. The van der Waals surface area contributed by atoms with E-state index in [1.54, 1.807) is 17.2 Å². The Morgan fingerprint density at radius 2 is 1.96 bits per heavy atom. The van der Waals surface area contributed by atoms with Gasteiger partial charge in [0.2, 0.25) is 0 Å². The van der Waals surface area contributed by atoms with Gasteiger partial charge in [-0.1, -0.05) is 6.42 Å². The maximum absolute atomic E-state index is 4.63. The zero-order valence-electron chi connectivity index (χ0n) is 14.9. The number of nitrogens with zero attached hydrogens (tertiary/aromatic N) is 8. The highest BCUT2D eigenvalue weighted by Crippen LogP contribution is 2.30. The third kappa shape index (κ3) is 2.56.